The number of aromatic nitrogens is 6. The average Bonchev–Trinajstić information content (AvgIpc) is 1.54. The van der Waals surface area contributed by atoms with E-state index in [0.29, 0.717) is 11.1 Å². The van der Waals surface area contributed by atoms with Crippen LogP contribution in [0.4, 0.5) is 0 Å². The molecular weight excluding hydrogens is 1320 g/mol. The van der Waals surface area contributed by atoms with Crippen molar-refractivity contribution in [2.24, 2.45) is 28.2 Å². The van der Waals surface area contributed by atoms with Crippen LogP contribution in [0.3, 0.4) is 0 Å². The Morgan fingerprint density at radius 2 is 0.775 bits per heavy atom. The molecule has 0 unspecified atom stereocenters. The van der Waals surface area contributed by atoms with Gasteiger partial charge in [-0.25, -0.2) is 28.2 Å². The lowest BCUT2D eigenvalue weighted by atomic mass is 9.96. The number of thiophene rings is 4. The Hall–Kier alpha value is -11.0. The summed E-state index contributed by atoms with van der Waals surface area (Å²) in [7, 11) is 8.24. The minimum atomic E-state index is -2.26. The molecule has 6 nitrogen and oxygen atoms in total. The van der Waals surface area contributed by atoms with Gasteiger partial charge in [-0.15, -0.1) is 45.3 Å². The van der Waals surface area contributed by atoms with Gasteiger partial charge in [-0.1, -0.05) is 163 Å². The Morgan fingerprint density at radius 3 is 1.39 bits per heavy atom. The van der Waals surface area contributed by atoms with Crippen LogP contribution in [0.2, 0.25) is 0 Å². The fourth-order valence-corrected chi connectivity index (χ4v) is 19.4. The quantitative estimate of drug-likeness (QED) is 0.165. The SMILES string of the molecule is Cc1ccccc1-c1c2c(cc[n+]1C)sc1cc3ccccc3cc12.Cc1ccccc1-c1c2c(cc[n+]1C)sc1cc3ccccc3nc12.Cc1ccccc1-c1c2c(cc[n+]1C)sc1nc3ccccc3cc12.[2H]C([2H])([2H])c1ccc(-c2c3c(sc4ccc5ccccc5c43)c(C([2H])([2H])[2H])c[n+]2C)c(C)c1. The molecule has 0 atom stereocenters. The number of nitrogens with zero attached hydrogens (tertiary/aromatic N) is 6. The number of hydrogen-bond donors (Lipinski definition) is 0. The Balaban J connectivity index is 0.000000106. The Labute approximate surface area is 617 Å². The maximum Gasteiger partial charge on any atom is 0.223 e. The molecule has 10 heteroatoms. The van der Waals surface area contributed by atoms with E-state index in [1.54, 1.807) is 29.7 Å². The molecule has 0 saturated carbocycles. The van der Waals surface area contributed by atoms with E-state index in [1.165, 1.54) is 134 Å². The summed E-state index contributed by atoms with van der Waals surface area (Å²) in [6.45, 7) is 4.00. The molecule has 10 aromatic heterocycles. The minimum Gasteiger partial charge on any atom is -0.246 e. The third-order valence-corrected chi connectivity index (χ3v) is 24.4. The first kappa shape index (κ1) is 57.7. The second-order valence-electron chi connectivity index (χ2n) is 26.5. The topological polar surface area (TPSA) is 41.3 Å². The van der Waals surface area contributed by atoms with Gasteiger partial charge in [0.25, 0.3) is 0 Å². The van der Waals surface area contributed by atoms with E-state index in [2.05, 4.69) is 280 Å². The monoisotopic (exact) mass is 1400 g/mol. The fraction of sp³-hybridized carbons (Fsp3) is 0.109. The predicted octanol–water partition coefficient (Wildman–Crippen LogP) is 23.4. The number of rotatable bonds is 4. The van der Waals surface area contributed by atoms with Crippen LogP contribution < -0.4 is 18.3 Å². The third kappa shape index (κ3) is 11.3. The summed E-state index contributed by atoms with van der Waals surface area (Å²) in [5.41, 5.74) is 18.0. The maximum absolute atomic E-state index is 8.17. The van der Waals surface area contributed by atoms with Gasteiger partial charge in [-0.3, -0.25) is 0 Å². The summed E-state index contributed by atoms with van der Waals surface area (Å²) >= 11 is 6.98. The fourth-order valence-electron chi connectivity index (χ4n) is 15.0. The smallest absolute Gasteiger partial charge is 0.223 e. The van der Waals surface area contributed by atoms with Crippen LogP contribution in [0.1, 0.15) is 41.6 Å². The van der Waals surface area contributed by atoms with E-state index in [-0.39, 0.29) is 0 Å². The van der Waals surface area contributed by atoms with E-state index >= 15 is 0 Å². The van der Waals surface area contributed by atoms with Crippen LogP contribution in [0.5, 0.6) is 0 Å². The molecule has 0 aliphatic heterocycles. The van der Waals surface area contributed by atoms with Crippen molar-refractivity contribution in [2.75, 3.05) is 0 Å². The molecule has 10 aromatic carbocycles. The van der Waals surface area contributed by atoms with Crippen molar-refractivity contribution in [3.63, 3.8) is 0 Å². The van der Waals surface area contributed by atoms with Gasteiger partial charge in [0.15, 0.2) is 24.8 Å². The van der Waals surface area contributed by atoms with Crippen molar-refractivity contribution in [3.8, 4) is 45.0 Å². The maximum atomic E-state index is 8.17. The van der Waals surface area contributed by atoms with Gasteiger partial charge in [0, 0.05) is 105 Å². The summed E-state index contributed by atoms with van der Waals surface area (Å²) in [6, 6.07) is 84.5. The molecule has 0 fully saturated rings. The van der Waals surface area contributed by atoms with E-state index in [0.717, 1.165) is 69.1 Å². The number of hydrogen-bond acceptors (Lipinski definition) is 6. The van der Waals surface area contributed by atoms with Crippen LogP contribution in [0, 0.1) is 41.4 Å². The van der Waals surface area contributed by atoms with Crippen molar-refractivity contribution < 1.29 is 26.5 Å². The standard InChI is InChI=1S/C25H22NS.C23H18NS.2C22H17N2S/c1-15-9-11-19(16(2)13-15)24-23-22-20-8-6-5-7-18(20)10-12-21(22)27-25(23)17(3)14-26(24)4;1-15-7-3-6-10-18(15)23-22-19-13-16-8-4-5-9-17(16)14-21(19)25-20(22)11-12-24(23)2;1-14-7-3-5-9-16(14)21-20-17-13-15-8-4-6-10-18(15)23-22(17)25-19(20)11-12-24(21)2;1-14-7-3-5-9-16(14)22-20-18(11-12-24(22)2)25-19-13-15-8-4-6-10-17(15)23-21(19)20/h5-14H,1-4H3;3-14H,1-2H3;2*3-13H,1-2H3/q4*+1/i1D3,3D3;;;. The Morgan fingerprint density at radius 1 is 0.304 bits per heavy atom. The number of para-hydroxylation sites is 2. The summed E-state index contributed by atoms with van der Waals surface area (Å²) in [4.78, 5) is 11.0. The highest BCUT2D eigenvalue weighted by atomic mass is 32.1. The zero-order valence-electron chi connectivity index (χ0n) is 63.7. The van der Waals surface area contributed by atoms with Gasteiger partial charge in [0.05, 0.1) is 47.5 Å². The van der Waals surface area contributed by atoms with E-state index in [1.807, 2.05) is 65.5 Å². The number of aryl methyl sites for hydroxylation is 10. The van der Waals surface area contributed by atoms with E-state index in [4.69, 9.17) is 18.2 Å². The second kappa shape index (κ2) is 26.2. The van der Waals surface area contributed by atoms with Crippen molar-refractivity contribution in [3.05, 3.63) is 301 Å². The highest BCUT2D eigenvalue weighted by Gasteiger charge is 2.27. The zero-order chi connectivity index (χ0) is 74.6. The molecule has 0 aliphatic rings. The van der Waals surface area contributed by atoms with Crippen LogP contribution in [-0.4, -0.2) is 9.97 Å². The third-order valence-electron chi connectivity index (χ3n) is 19.9. The molecule has 10 heterocycles. The van der Waals surface area contributed by atoms with Gasteiger partial charge in [0.2, 0.25) is 22.8 Å². The largest absolute Gasteiger partial charge is 0.246 e. The van der Waals surface area contributed by atoms with Gasteiger partial charge in [-0.05, 0) is 152 Å². The number of fused-ring (bicyclic) bond motifs is 17. The minimum absolute atomic E-state index is 0.294. The average molecular weight is 1400 g/mol. The molecule has 0 radical (unpaired) electrons. The summed E-state index contributed by atoms with van der Waals surface area (Å²) < 4.78 is 64.6. The van der Waals surface area contributed by atoms with Crippen molar-refractivity contribution >= 4 is 170 Å². The Kier molecular flexibility index (Phi) is 14.8. The zero-order valence-corrected chi connectivity index (χ0v) is 61.0. The van der Waals surface area contributed by atoms with Crippen molar-refractivity contribution in [1.29, 1.82) is 0 Å². The van der Waals surface area contributed by atoms with E-state index in [9.17, 15) is 0 Å². The predicted molar refractivity (Wildman–Crippen MR) is 438 cm³/mol. The molecule has 0 bridgehead atoms. The first-order valence-corrected chi connectivity index (χ1v) is 37.4. The van der Waals surface area contributed by atoms with Crippen LogP contribution in [-0.2, 0) is 28.2 Å². The van der Waals surface area contributed by atoms with Crippen LogP contribution >= 0.6 is 45.3 Å². The highest BCUT2D eigenvalue weighted by Crippen LogP contribution is 2.46. The second-order valence-corrected chi connectivity index (χ2v) is 30.8. The van der Waals surface area contributed by atoms with Crippen molar-refractivity contribution in [2.45, 2.75) is 41.4 Å². The number of pyridine rings is 6. The molecule has 0 spiro atoms. The van der Waals surface area contributed by atoms with Crippen LogP contribution in [0.25, 0.3) is 169 Å². The number of benzene rings is 10. The van der Waals surface area contributed by atoms with Gasteiger partial charge in [0.1, 0.15) is 33.0 Å². The first-order chi connectivity index (χ1) is 52.1. The summed E-state index contributed by atoms with van der Waals surface area (Å²) in [5.74, 6) is 0. The Bertz CT molecular complexity index is 6570. The molecule has 20 aromatic rings. The van der Waals surface area contributed by atoms with Gasteiger partial charge >= 0.3 is 0 Å². The summed E-state index contributed by atoms with van der Waals surface area (Å²) in [5, 5.41) is 15.6. The molecule has 20 rings (SSSR count). The molecule has 0 saturated heterocycles. The molecular formula is C92H74N6S4+4. The normalized spacial score (nSPS) is 12.7. The van der Waals surface area contributed by atoms with Gasteiger partial charge in [-0.2, -0.15) is 0 Å². The molecule has 0 aliphatic carbocycles. The highest BCUT2D eigenvalue weighted by molar-refractivity contribution is 7.27. The van der Waals surface area contributed by atoms with Gasteiger partial charge < -0.3 is 0 Å². The lowest BCUT2D eigenvalue weighted by Gasteiger charge is -2.09. The summed E-state index contributed by atoms with van der Waals surface area (Å²) in [6.07, 6.45) is 8.18. The van der Waals surface area contributed by atoms with E-state index < -0.39 is 13.7 Å². The lowest BCUT2D eigenvalue weighted by molar-refractivity contribution is -0.659. The molecule has 0 amide bonds. The first-order valence-electron chi connectivity index (χ1n) is 37.1. The molecule has 0 N–H and O–H groups in total. The van der Waals surface area contributed by atoms with Crippen molar-refractivity contribution in [1.82, 2.24) is 9.97 Å². The van der Waals surface area contributed by atoms with Crippen LogP contribution in [0.15, 0.2) is 267 Å². The molecule has 492 valence electrons. The lowest BCUT2D eigenvalue weighted by Crippen LogP contribution is -2.31. The molecule has 102 heavy (non-hydrogen) atoms.